The minimum atomic E-state index is -1.24. The van der Waals surface area contributed by atoms with E-state index in [2.05, 4.69) is 55.2 Å². The van der Waals surface area contributed by atoms with Crippen molar-refractivity contribution in [1.29, 1.82) is 0 Å². The number of thioether (sulfide) groups is 1. The number of unbranched alkanes of at least 4 members (excludes halogenated alkanes) is 2. The van der Waals surface area contributed by atoms with Crippen molar-refractivity contribution >= 4 is 58.3 Å². The SMILES string of the molecule is CCCCCNc1nc(N)nc2ccn(Cc3ccc(CN4CCN(C(=O)CCOCCNC(=O)C[C@@H](SC[C@H](N)C(=O)O)C(=O)O)CC4)cc3OC)c12. The Bertz CT molecular complexity index is 1720. The first-order valence-electron chi connectivity index (χ1n) is 18.2. The van der Waals surface area contributed by atoms with Gasteiger partial charge < -0.3 is 51.3 Å². The van der Waals surface area contributed by atoms with Gasteiger partial charge in [0.1, 0.15) is 22.6 Å². The molecule has 18 heteroatoms. The molecule has 4 rings (SSSR count). The molecule has 0 bridgehead atoms. The van der Waals surface area contributed by atoms with Gasteiger partial charge in [-0.15, -0.1) is 11.8 Å². The summed E-state index contributed by atoms with van der Waals surface area (Å²) in [5.41, 5.74) is 15.2. The van der Waals surface area contributed by atoms with Crippen LogP contribution in [0.4, 0.5) is 11.8 Å². The Morgan fingerprint density at radius 3 is 2.48 bits per heavy atom. The highest BCUT2D eigenvalue weighted by molar-refractivity contribution is 8.00. The van der Waals surface area contributed by atoms with Crippen LogP contribution in [0.3, 0.4) is 0 Å². The molecule has 0 unspecified atom stereocenters. The summed E-state index contributed by atoms with van der Waals surface area (Å²) < 4.78 is 13.4. The number of hydrogen-bond donors (Lipinski definition) is 6. The van der Waals surface area contributed by atoms with Crippen LogP contribution >= 0.6 is 11.8 Å². The number of anilines is 2. The summed E-state index contributed by atoms with van der Waals surface area (Å²) in [6.45, 7) is 7.44. The lowest BCUT2D eigenvalue weighted by Crippen LogP contribution is -2.48. The number of nitrogens with one attached hydrogen (secondary N) is 2. The summed E-state index contributed by atoms with van der Waals surface area (Å²) in [7, 11) is 1.67. The number of nitrogens with zero attached hydrogens (tertiary/aromatic N) is 5. The molecule has 17 nitrogen and oxygen atoms in total. The van der Waals surface area contributed by atoms with Crippen molar-refractivity contribution in [2.45, 2.75) is 63.4 Å². The van der Waals surface area contributed by atoms with Gasteiger partial charge >= 0.3 is 11.9 Å². The van der Waals surface area contributed by atoms with Crippen molar-refractivity contribution in [2.75, 3.05) is 76.4 Å². The number of carboxylic acids is 2. The second kappa shape index (κ2) is 21.3. The van der Waals surface area contributed by atoms with E-state index in [0.29, 0.717) is 19.6 Å². The topological polar surface area (TPSA) is 240 Å². The van der Waals surface area contributed by atoms with Crippen molar-refractivity contribution in [3.05, 3.63) is 41.6 Å². The summed E-state index contributed by atoms with van der Waals surface area (Å²) in [5, 5.41) is 23.1. The van der Waals surface area contributed by atoms with E-state index in [9.17, 15) is 24.3 Å². The van der Waals surface area contributed by atoms with Crippen molar-refractivity contribution < 1.29 is 38.9 Å². The number of aromatic nitrogens is 3. The average molecular weight is 772 g/mol. The smallest absolute Gasteiger partial charge is 0.321 e. The zero-order valence-corrected chi connectivity index (χ0v) is 31.8. The van der Waals surface area contributed by atoms with E-state index in [0.717, 1.165) is 90.9 Å². The lowest BCUT2D eigenvalue weighted by molar-refractivity contribution is -0.139. The van der Waals surface area contributed by atoms with Gasteiger partial charge in [0.2, 0.25) is 17.8 Å². The molecule has 1 aliphatic heterocycles. The van der Waals surface area contributed by atoms with E-state index >= 15 is 0 Å². The molecule has 54 heavy (non-hydrogen) atoms. The van der Waals surface area contributed by atoms with Gasteiger partial charge in [-0.1, -0.05) is 31.9 Å². The molecule has 0 saturated carbocycles. The summed E-state index contributed by atoms with van der Waals surface area (Å²) >= 11 is 0.808. The zero-order valence-electron chi connectivity index (χ0n) is 31.0. The number of carboxylic acid groups (broad SMARTS) is 2. The fourth-order valence-electron chi connectivity index (χ4n) is 6.01. The molecular weight excluding hydrogens is 719 g/mol. The molecule has 0 spiro atoms. The van der Waals surface area contributed by atoms with Crippen molar-refractivity contribution in [3.8, 4) is 5.75 Å². The number of methoxy groups -OCH3 is 1. The first kappa shape index (κ1) is 42.1. The van der Waals surface area contributed by atoms with Crippen LogP contribution in [0, 0.1) is 0 Å². The number of ether oxygens (including phenoxy) is 2. The molecule has 3 heterocycles. The largest absolute Gasteiger partial charge is 0.496 e. The highest BCUT2D eigenvalue weighted by Gasteiger charge is 2.25. The van der Waals surface area contributed by atoms with Crippen molar-refractivity contribution in [3.63, 3.8) is 0 Å². The lowest BCUT2D eigenvalue weighted by atomic mass is 10.1. The summed E-state index contributed by atoms with van der Waals surface area (Å²) in [4.78, 5) is 60.3. The van der Waals surface area contributed by atoms with Crippen LogP contribution in [-0.2, 0) is 37.0 Å². The summed E-state index contributed by atoms with van der Waals surface area (Å²) in [6, 6.07) is 7.00. The molecule has 296 valence electrons. The first-order valence-corrected chi connectivity index (χ1v) is 19.2. The Kier molecular flexibility index (Phi) is 16.6. The maximum absolute atomic E-state index is 12.8. The van der Waals surface area contributed by atoms with E-state index in [1.54, 1.807) is 7.11 Å². The van der Waals surface area contributed by atoms with Crippen LogP contribution in [0.1, 0.15) is 50.2 Å². The molecule has 1 saturated heterocycles. The van der Waals surface area contributed by atoms with Crippen LogP contribution in [0.15, 0.2) is 30.5 Å². The monoisotopic (exact) mass is 771 g/mol. The third kappa shape index (κ3) is 12.7. The van der Waals surface area contributed by atoms with Gasteiger partial charge in [-0.2, -0.15) is 4.98 Å². The van der Waals surface area contributed by atoms with Crippen LogP contribution in [0.25, 0.3) is 11.0 Å². The van der Waals surface area contributed by atoms with E-state index in [4.69, 9.17) is 26.0 Å². The maximum atomic E-state index is 12.8. The van der Waals surface area contributed by atoms with Crippen molar-refractivity contribution in [2.24, 2.45) is 5.73 Å². The molecule has 3 aromatic rings. The van der Waals surface area contributed by atoms with E-state index in [1.807, 2.05) is 17.2 Å². The number of benzene rings is 1. The standard InChI is InChI=1S/C36H53N9O8S/c1-3-4-5-10-40-33-32-27(41-36(38)42-33)8-12-45(32)22-25-7-6-24(19-28(25)52-2)21-43-13-15-44(16-14-43)31(47)9-17-53-18-11-39-30(46)20-29(35(50)51)54-23-26(37)34(48)49/h6-8,12,19,26,29H,3-5,9-11,13-18,20-23,37H2,1-2H3,(H,39,46)(H,48,49)(H,50,51)(H3,38,40,41,42)/t26-,29+/m0/s1. The zero-order chi connectivity index (χ0) is 39.0. The Labute approximate surface area is 319 Å². The van der Waals surface area contributed by atoms with Crippen LogP contribution in [0.5, 0.6) is 5.75 Å². The number of nitrogen functional groups attached to an aromatic ring is 1. The van der Waals surface area contributed by atoms with Gasteiger partial charge in [0.05, 0.1) is 38.8 Å². The molecule has 1 fully saturated rings. The molecule has 8 N–H and O–H groups in total. The quantitative estimate of drug-likeness (QED) is 0.0754. The third-order valence-electron chi connectivity index (χ3n) is 8.99. The summed E-state index contributed by atoms with van der Waals surface area (Å²) in [6.07, 6.45) is 5.19. The average Bonchev–Trinajstić information content (AvgIpc) is 3.55. The van der Waals surface area contributed by atoms with Crippen LogP contribution < -0.4 is 26.8 Å². The normalized spacial score (nSPS) is 14.5. The van der Waals surface area contributed by atoms with E-state index in [1.165, 1.54) is 0 Å². The third-order valence-corrected chi connectivity index (χ3v) is 10.3. The Morgan fingerprint density at radius 2 is 1.78 bits per heavy atom. The minimum Gasteiger partial charge on any atom is -0.496 e. The maximum Gasteiger partial charge on any atom is 0.321 e. The fourth-order valence-corrected chi connectivity index (χ4v) is 7.00. The molecule has 2 atom stereocenters. The van der Waals surface area contributed by atoms with Gasteiger partial charge in [0, 0.05) is 69.7 Å². The number of hydrogen-bond acceptors (Lipinski definition) is 13. The van der Waals surface area contributed by atoms with Gasteiger partial charge in [-0.05, 0) is 24.1 Å². The first-order chi connectivity index (χ1) is 26.0. The highest BCUT2D eigenvalue weighted by Crippen LogP contribution is 2.28. The van der Waals surface area contributed by atoms with E-state index in [-0.39, 0.29) is 50.2 Å². The number of rotatable bonds is 23. The number of carbonyl (C=O) groups excluding carboxylic acids is 2. The molecule has 1 aliphatic rings. The molecule has 0 aliphatic carbocycles. The number of nitrogens with two attached hydrogens (primary N) is 2. The van der Waals surface area contributed by atoms with Crippen LogP contribution in [0.2, 0.25) is 0 Å². The predicted octanol–water partition coefficient (Wildman–Crippen LogP) is 1.83. The Balaban J connectivity index is 1.17. The molecular formula is C36H53N9O8S. The number of piperazine rings is 1. The second-order valence-corrected chi connectivity index (χ2v) is 14.3. The van der Waals surface area contributed by atoms with Gasteiger partial charge in [0.25, 0.3) is 0 Å². The Morgan fingerprint density at radius 1 is 1.00 bits per heavy atom. The Hall–Kier alpha value is -4.65. The van der Waals surface area contributed by atoms with E-state index < -0.39 is 29.1 Å². The molecule has 1 aromatic carbocycles. The van der Waals surface area contributed by atoms with Gasteiger partial charge in [0.15, 0.2) is 5.82 Å². The predicted molar refractivity (Wildman–Crippen MR) is 206 cm³/mol. The number of aliphatic carboxylic acids is 2. The highest BCUT2D eigenvalue weighted by atomic mass is 32.2. The number of amides is 2. The van der Waals surface area contributed by atoms with Crippen LogP contribution in [-0.4, -0.2) is 135 Å². The minimum absolute atomic E-state index is 0.00413. The molecule has 2 aromatic heterocycles. The van der Waals surface area contributed by atoms with Crippen molar-refractivity contribution in [1.82, 2.24) is 29.7 Å². The molecule has 0 radical (unpaired) electrons. The second-order valence-electron chi connectivity index (χ2n) is 13.1. The molecule has 2 amide bonds. The number of carbonyl (C=O) groups is 4. The van der Waals surface area contributed by atoms with Gasteiger partial charge in [-0.25, -0.2) is 4.98 Å². The summed E-state index contributed by atoms with van der Waals surface area (Å²) in [5.74, 6) is -1.34. The number of fused-ring (bicyclic) bond motifs is 1. The lowest BCUT2D eigenvalue weighted by Gasteiger charge is -2.35. The van der Waals surface area contributed by atoms with Gasteiger partial charge in [-0.3, -0.25) is 24.1 Å². The fraction of sp³-hybridized carbons (Fsp3) is 0.556.